The predicted octanol–water partition coefficient (Wildman–Crippen LogP) is 2.22. The lowest BCUT2D eigenvalue weighted by Crippen LogP contribution is -2.43. The lowest BCUT2D eigenvalue weighted by molar-refractivity contribution is -0.0227. The molecule has 2 aromatic heterocycles. The molecule has 0 bridgehead atoms. The number of methoxy groups -OCH3 is 1. The van der Waals surface area contributed by atoms with Crippen LogP contribution in [0.3, 0.4) is 0 Å². The van der Waals surface area contributed by atoms with Crippen molar-refractivity contribution in [2.45, 2.75) is 6.10 Å². The first-order valence-electron chi connectivity index (χ1n) is 9.77. The van der Waals surface area contributed by atoms with E-state index in [4.69, 9.17) is 9.47 Å². The molecule has 1 N–H and O–H groups in total. The Balaban J connectivity index is 1.64. The van der Waals surface area contributed by atoms with Crippen LogP contribution in [0.15, 0.2) is 36.7 Å². The first-order chi connectivity index (χ1) is 14.6. The molecule has 8 nitrogen and oxygen atoms in total. The van der Waals surface area contributed by atoms with E-state index in [9.17, 15) is 9.59 Å². The van der Waals surface area contributed by atoms with Crippen molar-refractivity contribution in [1.82, 2.24) is 19.8 Å². The number of thiophene rings is 1. The highest BCUT2D eigenvalue weighted by atomic mass is 32.1. The number of hydrogen-bond acceptors (Lipinski definition) is 6. The highest BCUT2D eigenvalue weighted by molar-refractivity contribution is 7.21. The van der Waals surface area contributed by atoms with E-state index >= 15 is 0 Å². The Morgan fingerprint density at radius 3 is 2.97 bits per heavy atom. The third-order valence-electron chi connectivity index (χ3n) is 5.12. The van der Waals surface area contributed by atoms with Gasteiger partial charge >= 0.3 is 0 Å². The van der Waals surface area contributed by atoms with Crippen molar-refractivity contribution in [3.63, 3.8) is 0 Å². The van der Waals surface area contributed by atoms with Crippen molar-refractivity contribution in [3.05, 3.63) is 52.9 Å². The number of carbonyl (C=O) groups is 2. The lowest BCUT2D eigenvalue weighted by atomic mass is 10.0. The minimum absolute atomic E-state index is 0.138. The molecular formula is C21H24N4O4S. The molecule has 1 aliphatic rings. The molecule has 9 heteroatoms. The third kappa shape index (κ3) is 3.96. The average molecular weight is 429 g/mol. The van der Waals surface area contributed by atoms with E-state index in [2.05, 4.69) is 10.3 Å². The predicted molar refractivity (Wildman–Crippen MR) is 114 cm³/mol. The molecule has 0 unspecified atom stereocenters. The van der Waals surface area contributed by atoms with Crippen molar-refractivity contribution in [1.29, 1.82) is 0 Å². The third-order valence-corrected chi connectivity index (χ3v) is 6.31. The second-order valence-electron chi connectivity index (χ2n) is 7.06. The second-order valence-corrected chi connectivity index (χ2v) is 8.11. The standard InChI is InChI=1S/C21H24N4O4S/c1-24-9-7-22-19(24)21(27)25-10-12-29-15(13-25)17-14-5-3-4-6-16(14)30-18(17)20(26)23-8-11-28-2/h3-7,9,15H,8,10-13H2,1-2H3,(H,23,26)/t15-/m0/s1. The van der Waals surface area contributed by atoms with Crippen molar-refractivity contribution < 1.29 is 19.1 Å². The summed E-state index contributed by atoms with van der Waals surface area (Å²) in [6, 6.07) is 7.89. The first-order valence-corrected chi connectivity index (χ1v) is 10.6. The van der Waals surface area contributed by atoms with Crippen LogP contribution in [0.4, 0.5) is 0 Å². The van der Waals surface area contributed by atoms with Crippen LogP contribution in [0.1, 0.15) is 32.0 Å². The largest absolute Gasteiger partial charge is 0.383 e. The van der Waals surface area contributed by atoms with Gasteiger partial charge in [-0.1, -0.05) is 18.2 Å². The molecule has 0 aliphatic carbocycles. The minimum Gasteiger partial charge on any atom is -0.383 e. The second kappa shape index (κ2) is 8.95. The van der Waals surface area contributed by atoms with Gasteiger partial charge in [-0.15, -0.1) is 11.3 Å². The van der Waals surface area contributed by atoms with Crippen molar-refractivity contribution in [3.8, 4) is 0 Å². The number of carbonyl (C=O) groups excluding carboxylic acids is 2. The van der Waals surface area contributed by atoms with Crippen molar-refractivity contribution in [2.24, 2.45) is 7.05 Å². The van der Waals surface area contributed by atoms with E-state index in [1.54, 1.807) is 36.0 Å². The van der Waals surface area contributed by atoms with Gasteiger partial charge in [0, 0.05) is 49.9 Å². The van der Waals surface area contributed by atoms with E-state index in [-0.39, 0.29) is 17.9 Å². The van der Waals surface area contributed by atoms with Gasteiger partial charge in [-0.05, 0) is 11.5 Å². The summed E-state index contributed by atoms with van der Waals surface area (Å²) >= 11 is 1.44. The van der Waals surface area contributed by atoms with E-state index in [0.717, 1.165) is 15.6 Å². The topological polar surface area (TPSA) is 85.7 Å². The molecule has 0 saturated carbocycles. The summed E-state index contributed by atoms with van der Waals surface area (Å²) in [6.07, 6.45) is 2.97. The Kier molecular flexibility index (Phi) is 6.12. The molecule has 1 aliphatic heterocycles. The average Bonchev–Trinajstić information content (AvgIpc) is 3.37. The zero-order chi connectivity index (χ0) is 21.1. The Hall–Kier alpha value is -2.75. The van der Waals surface area contributed by atoms with Gasteiger partial charge in [0.05, 0.1) is 24.6 Å². The molecular weight excluding hydrogens is 404 g/mol. The summed E-state index contributed by atoms with van der Waals surface area (Å²) in [7, 11) is 3.40. The van der Waals surface area contributed by atoms with E-state index in [0.29, 0.717) is 43.5 Å². The quantitative estimate of drug-likeness (QED) is 0.609. The van der Waals surface area contributed by atoms with Gasteiger partial charge < -0.3 is 24.3 Å². The van der Waals surface area contributed by atoms with Gasteiger partial charge in [-0.25, -0.2) is 4.98 Å². The monoisotopic (exact) mass is 428 g/mol. The number of morpholine rings is 1. The van der Waals surface area contributed by atoms with Crippen molar-refractivity contribution in [2.75, 3.05) is 40.0 Å². The van der Waals surface area contributed by atoms with Crippen LogP contribution in [-0.2, 0) is 16.5 Å². The molecule has 1 atom stereocenters. The maximum absolute atomic E-state index is 13.0. The zero-order valence-electron chi connectivity index (χ0n) is 17.0. The number of ether oxygens (including phenoxy) is 2. The van der Waals surface area contributed by atoms with Gasteiger partial charge in [-0.2, -0.15) is 0 Å². The molecule has 1 fully saturated rings. The van der Waals surface area contributed by atoms with Gasteiger partial charge in [0.2, 0.25) is 0 Å². The summed E-state index contributed by atoms with van der Waals surface area (Å²) in [5.74, 6) is 0.101. The van der Waals surface area contributed by atoms with E-state index in [1.807, 2.05) is 24.3 Å². The highest BCUT2D eigenvalue weighted by Crippen LogP contribution is 2.38. The van der Waals surface area contributed by atoms with Crippen molar-refractivity contribution >= 4 is 33.2 Å². The van der Waals surface area contributed by atoms with Gasteiger partial charge in [0.15, 0.2) is 5.82 Å². The number of aromatic nitrogens is 2. The first kappa shape index (κ1) is 20.5. The molecule has 3 aromatic rings. The molecule has 2 amide bonds. The smallest absolute Gasteiger partial charge is 0.290 e. The molecule has 4 rings (SSSR count). The van der Waals surface area contributed by atoms with Gasteiger partial charge in [0.25, 0.3) is 11.8 Å². The maximum atomic E-state index is 13.0. The number of aryl methyl sites for hydroxylation is 1. The number of fused-ring (bicyclic) bond motifs is 1. The van der Waals surface area contributed by atoms with Crippen LogP contribution in [0.5, 0.6) is 0 Å². The molecule has 1 aromatic carbocycles. The van der Waals surface area contributed by atoms with Crippen LogP contribution in [0.2, 0.25) is 0 Å². The number of imidazole rings is 1. The Bertz CT molecular complexity index is 1060. The fourth-order valence-electron chi connectivity index (χ4n) is 3.62. The van der Waals surface area contributed by atoms with Crippen LogP contribution in [-0.4, -0.2) is 66.2 Å². The molecule has 1 saturated heterocycles. The van der Waals surface area contributed by atoms with Crippen LogP contribution in [0.25, 0.3) is 10.1 Å². The Labute approximate surface area is 178 Å². The zero-order valence-corrected chi connectivity index (χ0v) is 17.8. The molecule has 0 radical (unpaired) electrons. The maximum Gasteiger partial charge on any atom is 0.290 e. The molecule has 3 heterocycles. The van der Waals surface area contributed by atoms with E-state index in [1.165, 1.54) is 11.3 Å². The normalized spacial score (nSPS) is 16.7. The summed E-state index contributed by atoms with van der Waals surface area (Å²) in [4.78, 5) is 32.4. The van der Waals surface area contributed by atoms with Gasteiger partial charge in [0.1, 0.15) is 6.10 Å². The SMILES string of the molecule is COCCNC(=O)c1sc2ccccc2c1[C@@H]1CN(C(=O)c2nccn2C)CCO1. The molecule has 158 valence electrons. The Morgan fingerprint density at radius 1 is 1.37 bits per heavy atom. The summed E-state index contributed by atoms with van der Waals surface area (Å²) in [6.45, 7) is 2.12. The summed E-state index contributed by atoms with van der Waals surface area (Å²) in [5, 5.41) is 3.88. The van der Waals surface area contributed by atoms with E-state index < -0.39 is 0 Å². The molecule has 0 spiro atoms. The number of rotatable bonds is 6. The number of amides is 2. The van der Waals surface area contributed by atoms with Crippen LogP contribution in [0, 0.1) is 0 Å². The lowest BCUT2D eigenvalue weighted by Gasteiger charge is -2.33. The number of nitrogens with one attached hydrogen (secondary N) is 1. The van der Waals surface area contributed by atoms with Crippen LogP contribution < -0.4 is 5.32 Å². The van der Waals surface area contributed by atoms with Crippen LogP contribution >= 0.6 is 11.3 Å². The number of benzene rings is 1. The van der Waals surface area contributed by atoms with Gasteiger partial charge in [-0.3, -0.25) is 9.59 Å². The highest BCUT2D eigenvalue weighted by Gasteiger charge is 2.32. The fourth-order valence-corrected chi connectivity index (χ4v) is 4.79. The molecule has 30 heavy (non-hydrogen) atoms. The Morgan fingerprint density at radius 2 is 2.20 bits per heavy atom. The fraction of sp³-hybridized carbons (Fsp3) is 0.381. The number of hydrogen-bond donors (Lipinski definition) is 1. The minimum atomic E-state index is -0.387. The summed E-state index contributed by atoms with van der Waals surface area (Å²) < 4.78 is 13.8. The summed E-state index contributed by atoms with van der Waals surface area (Å²) in [5.41, 5.74) is 0.836. The number of nitrogens with zero attached hydrogens (tertiary/aromatic N) is 3.